The second-order valence-electron chi connectivity index (χ2n) is 8.35. The van der Waals surface area contributed by atoms with Crippen molar-refractivity contribution in [3.63, 3.8) is 0 Å². The fourth-order valence-corrected chi connectivity index (χ4v) is 5.01. The first-order valence-corrected chi connectivity index (χ1v) is 12.3. The molecule has 1 fully saturated rings. The summed E-state index contributed by atoms with van der Waals surface area (Å²) < 4.78 is 13.0. The fraction of sp³-hybridized carbons (Fsp3) is 0.360. The number of hydrogen-bond acceptors (Lipinski definition) is 5. The molecule has 0 bridgehead atoms. The summed E-state index contributed by atoms with van der Waals surface area (Å²) in [5.41, 5.74) is 1.96. The predicted octanol–water partition coefficient (Wildman–Crippen LogP) is 3.61. The maximum Gasteiger partial charge on any atom is 0.262 e. The first-order chi connectivity index (χ1) is 16.5. The van der Waals surface area contributed by atoms with Gasteiger partial charge in [0.15, 0.2) is 5.17 Å². The summed E-state index contributed by atoms with van der Waals surface area (Å²) in [6, 6.07) is 12.8. The van der Waals surface area contributed by atoms with Crippen LogP contribution < -0.4 is 10.6 Å². The van der Waals surface area contributed by atoms with Crippen LogP contribution in [0, 0.1) is 5.82 Å². The number of carbonyl (C=O) groups excluding carboxylic acids is 3. The number of thioether (sulfide) groups is 1. The molecule has 2 aliphatic heterocycles. The number of piperidine rings is 1. The molecule has 2 heterocycles. The number of amides is 3. The molecule has 2 aromatic carbocycles. The summed E-state index contributed by atoms with van der Waals surface area (Å²) in [6.07, 6.45) is 4.05. The van der Waals surface area contributed by atoms with E-state index < -0.39 is 5.25 Å². The fourth-order valence-electron chi connectivity index (χ4n) is 3.89. The third kappa shape index (κ3) is 6.44. The van der Waals surface area contributed by atoms with E-state index in [0.717, 1.165) is 36.7 Å². The normalized spacial score (nSPS) is 17.9. The highest BCUT2D eigenvalue weighted by atomic mass is 32.2. The lowest BCUT2D eigenvalue weighted by Gasteiger charge is -2.27. The molecular formula is C25H27FN4O3S. The van der Waals surface area contributed by atoms with Crippen molar-refractivity contribution >= 4 is 40.3 Å². The van der Waals surface area contributed by atoms with Crippen molar-refractivity contribution in [1.82, 2.24) is 10.2 Å². The highest BCUT2D eigenvalue weighted by molar-refractivity contribution is 8.15. The van der Waals surface area contributed by atoms with E-state index in [9.17, 15) is 18.8 Å². The molecule has 3 amide bonds. The monoisotopic (exact) mass is 482 g/mol. The highest BCUT2D eigenvalue weighted by Gasteiger charge is 2.33. The van der Waals surface area contributed by atoms with Crippen LogP contribution >= 0.6 is 11.8 Å². The van der Waals surface area contributed by atoms with Crippen molar-refractivity contribution in [3.05, 3.63) is 65.5 Å². The summed E-state index contributed by atoms with van der Waals surface area (Å²) in [5.74, 6) is -1.04. The van der Waals surface area contributed by atoms with Crippen molar-refractivity contribution < 1.29 is 18.8 Å². The molecule has 0 saturated carbocycles. The Balaban J connectivity index is 1.21. The van der Waals surface area contributed by atoms with E-state index >= 15 is 0 Å². The van der Waals surface area contributed by atoms with Gasteiger partial charge in [-0.15, -0.1) is 0 Å². The molecule has 4 rings (SSSR count). The zero-order chi connectivity index (χ0) is 23.9. The third-order valence-corrected chi connectivity index (χ3v) is 6.98. The number of rotatable bonds is 7. The van der Waals surface area contributed by atoms with Gasteiger partial charge < -0.3 is 15.5 Å². The zero-order valence-electron chi connectivity index (χ0n) is 18.8. The van der Waals surface area contributed by atoms with Gasteiger partial charge in [0.05, 0.1) is 0 Å². The van der Waals surface area contributed by atoms with E-state index in [2.05, 4.69) is 20.5 Å². The number of aliphatic imine (C=N–C) groups is 1. The van der Waals surface area contributed by atoms with Gasteiger partial charge in [0.1, 0.15) is 11.1 Å². The van der Waals surface area contributed by atoms with Crippen LogP contribution in [0.3, 0.4) is 0 Å². The lowest BCUT2D eigenvalue weighted by molar-refractivity contribution is -0.121. The van der Waals surface area contributed by atoms with Crippen molar-refractivity contribution in [2.75, 3.05) is 25.0 Å². The minimum absolute atomic E-state index is 0.0516. The van der Waals surface area contributed by atoms with Crippen LogP contribution in [0.15, 0.2) is 53.5 Å². The van der Waals surface area contributed by atoms with Gasteiger partial charge >= 0.3 is 0 Å². The molecule has 0 radical (unpaired) electrons. The Bertz CT molecular complexity index is 1070. The van der Waals surface area contributed by atoms with E-state index in [1.165, 1.54) is 30.3 Å². The molecule has 0 spiro atoms. The van der Waals surface area contributed by atoms with Gasteiger partial charge in [0.2, 0.25) is 5.91 Å². The van der Waals surface area contributed by atoms with Crippen molar-refractivity contribution in [2.24, 2.45) is 4.99 Å². The summed E-state index contributed by atoms with van der Waals surface area (Å²) in [7, 11) is 0. The molecule has 34 heavy (non-hydrogen) atoms. The standard InChI is InChI=1S/C25H27FN4O3S/c26-19-8-4-17(5-9-19)12-13-27-23(32)18-6-10-20(11-7-18)28-22(31)16-21-24(33)29-25(34-21)30-14-2-1-3-15-30/h4-11,21H,1-3,12-16H2,(H,27,32)(H,28,31)/t21-/m0/s1. The number of nitrogens with one attached hydrogen (secondary N) is 2. The number of hydrogen-bond donors (Lipinski definition) is 2. The predicted molar refractivity (Wildman–Crippen MR) is 131 cm³/mol. The van der Waals surface area contributed by atoms with Crippen LogP contribution in [-0.4, -0.2) is 52.7 Å². The first-order valence-electron chi connectivity index (χ1n) is 11.4. The van der Waals surface area contributed by atoms with Crippen LogP contribution in [0.2, 0.25) is 0 Å². The van der Waals surface area contributed by atoms with Crippen molar-refractivity contribution in [1.29, 1.82) is 0 Å². The van der Waals surface area contributed by atoms with Gasteiger partial charge in [0.25, 0.3) is 11.8 Å². The Labute approximate surface area is 202 Å². The highest BCUT2D eigenvalue weighted by Crippen LogP contribution is 2.29. The number of amidine groups is 1. The Morgan fingerprint density at radius 1 is 1.03 bits per heavy atom. The van der Waals surface area contributed by atoms with Gasteiger partial charge in [-0.25, -0.2) is 4.39 Å². The van der Waals surface area contributed by atoms with E-state index in [4.69, 9.17) is 0 Å². The smallest absolute Gasteiger partial charge is 0.262 e. The maximum atomic E-state index is 13.0. The second-order valence-corrected chi connectivity index (χ2v) is 9.52. The molecule has 2 aliphatic rings. The summed E-state index contributed by atoms with van der Waals surface area (Å²) >= 11 is 1.37. The first kappa shape index (κ1) is 23.9. The Hall–Kier alpha value is -3.20. The quantitative estimate of drug-likeness (QED) is 0.629. The van der Waals surface area contributed by atoms with Gasteiger partial charge in [0, 0.05) is 37.3 Å². The number of likely N-dealkylation sites (tertiary alicyclic amines) is 1. The van der Waals surface area contributed by atoms with Crippen LogP contribution in [0.5, 0.6) is 0 Å². The molecule has 7 nitrogen and oxygen atoms in total. The molecule has 1 saturated heterocycles. The largest absolute Gasteiger partial charge is 0.352 e. The van der Waals surface area contributed by atoms with E-state index in [-0.39, 0.29) is 30.0 Å². The van der Waals surface area contributed by atoms with Crippen LogP contribution in [0.1, 0.15) is 41.6 Å². The Morgan fingerprint density at radius 2 is 1.74 bits per heavy atom. The number of nitrogens with zero attached hydrogens (tertiary/aromatic N) is 2. The third-order valence-electron chi connectivity index (χ3n) is 5.77. The van der Waals surface area contributed by atoms with Crippen LogP contribution in [-0.2, 0) is 16.0 Å². The number of benzene rings is 2. The SMILES string of the molecule is O=C(C[C@@H]1SC(N2CCCCC2)=NC1=O)Nc1ccc(C(=O)NCCc2ccc(F)cc2)cc1. The van der Waals surface area contributed by atoms with E-state index in [1.54, 1.807) is 36.4 Å². The lowest BCUT2D eigenvalue weighted by atomic mass is 10.1. The molecule has 1 atom stereocenters. The molecule has 0 aromatic heterocycles. The van der Waals surface area contributed by atoms with Crippen LogP contribution in [0.4, 0.5) is 10.1 Å². The molecule has 2 N–H and O–H groups in total. The number of anilines is 1. The topological polar surface area (TPSA) is 90.9 Å². The molecule has 178 valence electrons. The lowest BCUT2D eigenvalue weighted by Crippen LogP contribution is -2.33. The van der Waals surface area contributed by atoms with Gasteiger partial charge in [-0.05, 0) is 67.6 Å². The van der Waals surface area contributed by atoms with Crippen molar-refractivity contribution in [3.8, 4) is 0 Å². The minimum atomic E-state index is -0.497. The Morgan fingerprint density at radius 3 is 2.44 bits per heavy atom. The zero-order valence-corrected chi connectivity index (χ0v) is 19.6. The Kier molecular flexibility index (Phi) is 7.95. The van der Waals surface area contributed by atoms with Gasteiger partial charge in [-0.3, -0.25) is 14.4 Å². The minimum Gasteiger partial charge on any atom is -0.352 e. The van der Waals surface area contributed by atoms with E-state index in [1.807, 2.05) is 0 Å². The summed E-state index contributed by atoms with van der Waals surface area (Å²) in [6.45, 7) is 2.24. The average molecular weight is 483 g/mol. The molecule has 0 aliphatic carbocycles. The summed E-state index contributed by atoms with van der Waals surface area (Å²) in [4.78, 5) is 43.3. The molecular weight excluding hydrogens is 455 g/mol. The van der Waals surface area contributed by atoms with Crippen LogP contribution in [0.25, 0.3) is 0 Å². The number of halogens is 1. The van der Waals surface area contributed by atoms with E-state index in [0.29, 0.717) is 24.2 Å². The summed E-state index contributed by atoms with van der Waals surface area (Å²) in [5, 5.41) is 5.85. The average Bonchev–Trinajstić information content (AvgIpc) is 3.21. The molecule has 2 aromatic rings. The maximum absolute atomic E-state index is 13.0. The second kappa shape index (κ2) is 11.3. The van der Waals surface area contributed by atoms with Crippen molar-refractivity contribution in [2.45, 2.75) is 37.4 Å². The van der Waals surface area contributed by atoms with Gasteiger partial charge in [-0.2, -0.15) is 4.99 Å². The molecule has 9 heteroatoms. The number of carbonyl (C=O) groups is 3. The van der Waals surface area contributed by atoms with Gasteiger partial charge in [-0.1, -0.05) is 23.9 Å². The molecule has 0 unspecified atom stereocenters.